The van der Waals surface area contributed by atoms with Gasteiger partial charge in [-0.05, 0) is 59.7 Å². The van der Waals surface area contributed by atoms with Crippen LogP contribution in [0, 0.1) is 0 Å². The number of rotatable bonds is 9. The van der Waals surface area contributed by atoms with E-state index in [0.717, 1.165) is 5.56 Å². The zero-order chi connectivity index (χ0) is 27.8. The van der Waals surface area contributed by atoms with Crippen LogP contribution in [0.3, 0.4) is 0 Å². The van der Waals surface area contributed by atoms with E-state index >= 15 is 0 Å². The van der Waals surface area contributed by atoms with Crippen molar-refractivity contribution in [3.05, 3.63) is 75.8 Å². The van der Waals surface area contributed by atoms with E-state index in [1.807, 2.05) is 0 Å². The smallest absolute Gasteiger partial charge is 0.329 e. The molecule has 1 aliphatic rings. The van der Waals surface area contributed by atoms with Crippen LogP contribution >= 0.6 is 23.2 Å². The van der Waals surface area contributed by atoms with Crippen LogP contribution in [0.5, 0.6) is 23.0 Å². The minimum absolute atomic E-state index is 0.121. The summed E-state index contributed by atoms with van der Waals surface area (Å²) in [6.07, 6.45) is 1.32. The minimum atomic E-state index is -0.939. The molecule has 13 heteroatoms. The quantitative estimate of drug-likeness (QED) is 0.203. The number of amides is 3. The van der Waals surface area contributed by atoms with Crippen molar-refractivity contribution in [2.45, 2.75) is 6.54 Å². The molecule has 1 aliphatic heterocycles. The van der Waals surface area contributed by atoms with Gasteiger partial charge in [-0.15, -0.1) is 0 Å². The van der Waals surface area contributed by atoms with E-state index in [-0.39, 0.29) is 19.9 Å². The number of nitrogens with one attached hydrogen (secondary N) is 3. The topological polar surface area (TPSA) is 137 Å². The third-order valence-electron chi connectivity index (χ3n) is 5.17. The number of halogens is 2. The second-order valence-electron chi connectivity index (χ2n) is 7.97. The summed E-state index contributed by atoms with van der Waals surface area (Å²) in [5, 5.41) is 9.72. The predicted octanol–water partition coefficient (Wildman–Crippen LogP) is 3.51. The highest BCUT2D eigenvalue weighted by atomic mass is 35.5. The normalized spacial score (nSPS) is 11.7. The van der Waals surface area contributed by atoms with Crippen molar-refractivity contribution < 1.29 is 33.3 Å². The second-order valence-corrected chi connectivity index (χ2v) is 8.85. The standard InChI is InChI=1S/C26H22Cl2N4O7/c1-36-22-6-16(3-4-20(22)37-13-24(33)31-19-9-17(27)8-18(28)10-19)12-30-32-26(35)25(34)29-11-15-2-5-21-23(7-15)39-14-38-21/h2-10,12H,11,13-14H2,1H3,(H,29,34)(H,31,33)(H,32,35)/b30-12-. The highest BCUT2D eigenvalue weighted by Gasteiger charge is 2.16. The number of hydrazone groups is 1. The van der Waals surface area contributed by atoms with Gasteiger partial charge in [0.1, 0.15) is 0 Å². The van der Waals surface area contributed by atoms with Crippen molar-refractivity contribution in [1.82, 2.24) is 10.7 Å². The number of ether oxygens (including phenoxy) is 4. The van der Waals surface area contributed by atoms with Crippen molar-refractivity contribution in [2.75, 3.05) is 25.8 Å². The van der Waals surface area contributed by atoms with Gasteiger partial charge in [0, 0.05) is 22.3 Å². The van der Waals surface area contributed by atoms with Gasteiger partial charge in [0.2, 0.25) is 6.79 Å². The number of benzene rings is 3. The first kappa shape index (κ1) is 27.6. The van der Waals surface area contributed by atoms with Crippen molar-refractivity contribution in [1.29, 1.82) is 0 Å². The summed E-state index contributed by atoms with van der Waals surface area (Å²) in [6.45, 7) is -0.0350. The third kappa shape index (κ3) is 7.76. The summed E-state index contributed by atoms with van der Waals surface area (Å²) in [5.41, 5.74) is 3.88. The lowest BCUT2D eigenvalue weighted by Gasteiger charge is -2.12. The highest BCUT2D eigenvalue weighted by molar-refractivity contribution is 6.35. The fraction of sp³-hybridized carbons (Fsp3) is 0.154. The minimum Gasteiger partial charge on any atom is -0.493 e. The van der Waals surface area contributed by atoms with Crippen LogP contribution in [-0.4, -0.2) is 44.4 Å². The summed E-state index contributed by atoms with van der Waals surface area (Å²) in [6, 6.07) is 14.7. The van der Waals surface area contributed by atoms with E-state index in [1.54, 1.807) is 54.6 Å². The molecule has 3 aromatic carbocycles. The average molecular weight is 573 g/mol. The number of hydrogen-bond donors (Lipinski definition) is 3. The molecule has 0 spiro atoms. The first-order valence-corrected chi connectivity index (χ1v) is 12.1. The van der Waals surface area contributed by atoms with E-state index in [1.165, 1.54) is 13.3 Å². The number of carbonyl (C=O) groups is 3. The van der Waals surface area contributed by atoms with E-state index in [9.17, 15) is 14.4 Å². The Balaban J connectivity index is 1.25. The maximum Gasteiger partial charge on any atom is 0.329 e. The molecule has 39 heavy (non-hydrogen) atoms. The lowest BCUT2D eigenvalue weighted by Crippen LogP contribution is -2.37. The number of methoxy groups -OCH3 is 1. The number of anilines is 1. The van der Waals surface area contributed by atoms with Gasteiger partial charge in [-0.2, -0.15) is 5.10 Å². The van der Waals surface area contributed by atoms with Crippen LogP contribution < -0.4 is 35.0 Å². The molecule has 0 bridgehead atoms. The predicted molar refractivity (Wildman–Crippen MR) is 144 cm³/mol. The van der Waals surface area contributed by atoms with Crippen LogP contribution in [0.1, 0.15) is 11.1 Å². The van der Waals surface area contributed by atoms with Crippen molar-refractivity contribution in [3.8, 4) is 23.0 Å². The Morgan fingerprint density at radius 2 is 1.72 bits per heavy atom. The van der Waals surface area contributed by atoms with Crippen molar-refractivity contribution in [3.63, 3.8) is 0 Å². The van der Waals surface area contributed by atoms with E-state index in [2.05, 4.69) is 21.2 Å². The summed E-state index contributed by atoms with van der Waals surface area (Å²) in [5.74, 6) is -0.394. The molecule has 3 aromatic rings. The SMILES string of the molecule is COc1cc(/C=N\NC(=O)C(=O)NCc2ccc3c(c2)OCO3)ccc1OCC(=O)Nc1cc(Cl)cc(Cl)c1. The van der Waals surface area contributed by atoms with Gasteiger partial charge in [0.15, 0.2) is 29.6 Å². The van der Waals surface area contributed by atoms with Crippen molar-refractivity contribution in [2.24, 2.45) is 5.10 Å². The monoisotopic (exact) mass is 572 g/mol. The van der Waals surface area contributed by atoms with E-state index in [0.29, 0.717) is 44.3 Å². The molecule has 0 saturated heterocycles. The number of carbonyl (C=O) groups excluding carboxylic acids is 3. The van der Waals surface area contributed by atoms with Gasteiger partial charge >= 0.3 is 11.8 Å². The van der Waals surface area contributed by atoms with Crippen LogP contribution in [0.2, 0.25) is 10.0 Å². The molecule has 0 atom stereocenters. The van der Waals surface area contributed by atoms with Gasteiger partial charge in [-0.3, -0.25) is 14.4 Å². The van der Waals surface area contributed by atoms with Crippen LogP contribution in [0.15, 0.2) is 59.7 Å². The zero-order valence-corrected chi connectivity index (χ0v) is 22.0. The molecule has 3 N–H and O–H groups in total. The molecule has 0 aliphatic carbocycles. The molecule has 202 valence electrons. The molecule has 1 heterocycles. The molecule has 0 unspecified atom stereocenters. The molecule has 0 fully saturated rings. The van der Waals surface area contributed by atoms with Gasteiger partial charge in [-0.1, -0.05) is 29.3 Å². The number of fused-ring (bicyclic) bond motifs is 1. The van der Waals surface area contributed by atoms with Gasteiger partial charge in [0.25, 0.3) is 5.91 Å². The Hall–Kier alpha value is -4.48. The van der Waals surface area contributed by atoms with Crippen LogP contribution in [0.4, 0.5) is 5.69 Å². The largest absolute Gasteiger partial charge is 0.493 e. The third-order valence-corrected chi connectivity index (χ3v) is 5.61. The molecule has 4 rings (SSSR count). The lowest BCUT2D eigenvalue weighted by atomic mass is 10.2. The van der Waals surface area contributed by atoms with Crippen LogP contribution in [-0.2, 0) is 20.9 Å². The fourth-order valence-corrected chi connectivity index (χ4v) is 3.91. The molecule has 0 saturated carbocycles. The zero-order valence-electron chi connectivity index (χ0n) is 20.5. The molecule has 0 aromatic heterocycles. The number of nitrogens with zero attached hydrogens (tertiary/aromatic N) is 1. The summed E-state index contributed by atoms with van der Waals surface area (Å²) in [7, 11) is 1.43. The highest BCUT2D eigenvalue weighted by Crippen LogP contribution is 2.32. The van der Waals surface area contributed by atoms with Crippen molar-refractivity contribution >= 4 is 52.8 Å². The molecule has 0 radical (unpaired) electrons. The first-order chi connectivity index (χ1) is 18.8. The molecule has 11 nitrogen and oxygen atoms in total. The summed E-state index contributed by atoms with van der Waals surface area (Å²) >= 11 is 11.9. The van der Waals surface area contributed by atoms with E-state index < -0.39 is 17.7 Å². The Labute approximate surface area is 233 Å². The first-order valence-electron chi connectivity index (χ1n) is 11.4. The summed E-state index contributed by atoms with van der Waals surface area (Å²) in [4.78, 5) is 36.4. The lowest BCUT2D eigenvalue weighted by molar-refractivity contribution is -0.139. The maximum absolute atomic E-state index is 12.2. The fourth-order valence-electron chi connectivity index (χ4n) is 3.38. The van der Waals surface area contributed by atoms with E-state index in [4.69, 9.17) is 42.1 Å². The summed E-state index contributed by atoms with van der Waals surface area (Å²) < 4.78 is 21.4. The average Bonchev–Trinajstić information content (AvgIpc) is 3.38. The van der Waals surface area contributed by atoms with Gasteiger partial charge in [0.05, 0.1) is 13.3 Å². The Morgan fingerprint density at radius 3 is 2.49 bits per heavy atom. The number of hydrogen-bond acceptors (Lipinski definition) is 8. The second kappa shape index (κ2) is 12.9. The van der Waals surface area contributed by atoms with Crippen LogP contribution in [0.25, 0.3) is 0 Å². The molecular weight excluding hydrogens is 551 g/mol. The molecule has 3 amide bonds. The van der Waals surface area contributed by atoms with Gasteiger partial charge < -0.3 is 29.6 Å². The maximum atomic E-state index is 12.2. The van der Waals surface area contributed by atoms with Gasteiger partial charge in [-0.25, -0.2) is 5.43 Å². The molecular formula is C26H22Cl2N4O7. The Bertz CT molecular complexity index is 1410. The Morgan fingerprint density at radius 1 is 0.949 bits per heavy atom. The Kier molecular flexibility index (Phi) is 9.08.